The average Bonchev–Trinajstić information content (AvgIpc) is 2.90. The van der Waals surface area contributed by atoms with Crippen LogP contribution < -0.4 is 0 Å². The van der Waals surface area contributed by atoms with Gasteiger partial charge in [0.05, 0.1) is 11.0 Å². The van der Waals surface area contributed by atoms with Crippen LogP contribution >= 0.6 is 11.8 Å². The Morgan fingerprint density at radius 1 is 1.29 bits per heavy atom. The van der Waals surface area contributed by atoms with Crippen molar-refractivity contribution in [2.45, 2.75) is 6.18 Å². The van der Waals surface area contributed by atoms with E-state index in [0.29, 0.717) is 18.7 Å². The Bertz CT molecular complexity index is 677. The lowest BCUT2D eigenvalue weighted by molar-refractivity contribution is -0.144. The van der Waals surface area contributed by atoms with Gasteiger partial charge in [0, 0.05) is 30.2 Å². The molecule has 0 saturated carbocycles. The van der Waals surface area contributed by atoms with Crippen LogP contribution in [0, 0.1) is 0 Å². The normalized spacial score (nSPS) is 16.4. The smallest absolute Gasteiger partial charge is 0.337 e. The summed E-state index contributed by atoms with van der Waals surface area (Å²) in [5.74, 6) is 0.573. The SMILES string of the molecule is O=C(c1ccc2nc(C(F)(F)F)[nH]c2c1)N1CCSCC1. The molecule has 0 atom stereocenters. The lowest BCUT2D eigenvalue weighted by atomic mass is 10.1. The van der Waals surface area contributed by atoms with E-state index in [1.807, 2.05) is 0 Å². The molecule has 2 heterocycles. The van der Waals surface area contributed by atoms with Crippen LogP contribution in [0.1, 0.15) is 16.2 Å². The van der Waals surface area contributed by atoms with Crippen LogP contribution in [0.3, 0.4) is 0 Å². The Kier molecular flexibility index (Phi) is 3.56. The number of aromatic amines is 1. The van der Waals surface area contributed by atoms with E-state index in [4.69, 9.17) is 0 Å². The molecule has 1 aliphatic rings. The molecule has 8 heteroatoms. The number of carbonyl (C=O) groups excluding carboxylic acids is 1. The van der Waals surface area contributed by atoms with Crippen molar-refractivity contribution in [3.8, 4) is 0 Å². The van der Waals surface area contributed by atoms with E-state index in [1.54, 1.807) is 16.7 Å². The number of H-pyrrole nitrogens is 1. The van der Waals surface area contributed by atoms with Gasteiger partial charge in [0.1, 0.15) is 0 Å². The highest BCUT2D eigenvalue weighted by Gasteiger charge is 2.34. The van der Waals surface area contributed by atoms with Gasteiger partial charge in [-0.25, -0.2) is 4.98 Å². The largest absolute Gasteiger partial charge is 0.449 e. The number of rotatable bonds is 1. The number of benzene rings is 1. The first-order chi connectivity index (χ1) is 9.95. The van der Waals surface area contributed by atoms with Gasteiger partial charge >= 0.3 is 6.18 Å². The molecule has 1 saturated heterocycles. The van der Waals surface area contributed by atoms with E-state index < -0.39 is 12.0 Å². The molecule has 0 unspecified atom stereocenters. The van der Waals surface area contributed by atoms with Crippen molar-refractivity contribution in [2.24, 2.45) is 0 Å². The second kappa shape index (κ2) is 5.25. The van der Waals surface area contributed by atoms with Crippen molar-refractivity contribution < 1.29 is 18.0 Å². The topological polar surface area (TPSA) is 49.0 Å². The van der Waals surface area contributed by atoms with E-state index in [1.165, 1.54) is 18.2 Å². The Morgan fingerprint density at radius 3 is 2.67 bits per heavy atom. The minimum absolute atomic E-state index is 0.152. The molecular weight excluding hydrogens is 303 g/mol. The molecule has 1 aromatic carbocycles. The second-order valence-electron chi connectivity index (χ2n) is 4.72. The molecule has 1 fully saturated rings. The van der Waals surface area contributed by atoms with Crippen molar-refractivity contribution in [3.63, 3.8) is 0 Å². The van der Waals surface area contributed by atoms with Crippen molar-refractivity contribution in [1.29, 1.82) is 0 Å². The lowest BCUT2D eigenvalue weighted by Gasteiger charge is -2.26. The van der Waals surface area contributed by atoms with Crippen molar-refractivity contribution in [2.75, 3.05) is 24.6 Å². The highest BCUT2D eigenvalue weighted by molar-refractivity contribution is 7.99. The molecule has 1 aromatic heterocycles. The minimum Gasteiger partial charge on any atom is -0.337 e. The van der Waals surface area contributed by atoms with Gasteiger partial charge in [-0.3, -0.25) is 4.79 Å². The van der Waals surface area contributed by atoms with Gasteiger partial charge in [-0.05, 0) is 18.2 Å². The molecule has 0 bridgehead atoms. The third kappa shape index (κ3) is 2.85. The van der Waals surface area contributed by atoms with Crippen LogP contribution in [-0.2, 0) is 6.18 Å². The lowest BCUT2D eigenvalue weighted by Crippen LogP contribution is -2.37. The summed E-state index contributed by atoms with van der Waals surface area (Å²) in [4.78, 5) is 19.7. The summed E-state index contributed by atoms with van der Waals surface area (Å²) >= 11 is 1.78. The molecule has 1 aliphatic heterocycles. The first-order valence-corrected chi connectivity index (χ1v) is 7.54. The molecule has 1 amide bonds. The summed E-state index contributed by atoms with van der Waals surface area (Å²) in [5, 5.41) is 0. The molecular formula is C13H12F3N3OS. The summed E-state index contributed by atoms with van der Waals surface area (Å²) < 4.78 is 37.8. The maximum atomic E-state index is 12.6. The van der Waals surface area contributed by atoms with Crippen LogP contribution in [0.25, 0.3) is 11.0 Å². The summed E-state index contributed by atoms with van der Waals surface area (Å²) in [6.45, 7) is 1.33. The highest BCUT2D eigenvalue weighted by atomic mass is 32.2. The Hall–Kier alpha value is -1.70. The summed E-state index contributed by atoms with van der Waals surface area (Å²) in [5.41, 5.74) is 0.805. The number of fused-ring (bicyclic) bond motifs is 1. The third-order valence-corrected chi connectivity index (χ3v) is 4.24. The first kappa shape index (κ1) is 14.2. The maximum absolute atomic E-state index is 12.6. The number of nitrogens with one attached hydrogen (secondary N) is 1. The molecule has 0 aliphatic carbocycles. The van der Waals surface area contributed by atoms with Crippen molar-refractivity contribution in [3.05, 3.63) is 29.6 Å². The number of hydrogen-bond donors (Lipinski definition) is 1. The number of alkyl halides is 3. The van der Waals surface area contributed by atoms with Gasteiger partial charge in [0.2, 0.25) is 5.82 Å². The number of imidazole rings is 1. The highest BCUT2D eigenvalue weighted by Crippen LogP contribution is 2.28. The summed E-state index contributed by atoms with van der Waals surface area (Å²) in [6.07, 6.45) is -4.52. The molecule has 0 radical (unpaired) electrons. The van der Waals surface area contributed by atoms with Gasteiger partial charge < -0.3 is 9.88 Å². The third-order valence-electron chi connectivity index (χ3n) is 3.30. The van der Waals surface area contributed by atoms with Gasteiger partial charge in [-0.1, -0.05) is 0 Å². The summed E-state index contributed by atoms with van der Waals surface area (Å²) in [7, 11) is 0. The molecule has 3 rings (SSSR count). The number of amides is 1. The molecule has 0 spiro atoms. The molecule has 1 N–H and O–H groups in total. The zero-order valence-corrected chi connectivity index (χ0v) is 11.7. The van der Waals surface area contributed by atoms with Gasteiger partial charge in [-0.2, -0.15) is 24.9 Å². The zero-order chi connectivity index (χ0) is 15.0. The van der Waals surface area contributed by atoms with Crippen LogP contribution in [0.5, 0.6) is 0 Å². The number of aromatic nitrogens is 2. The molecule has 4 nitrogen and oxygen atoms in total. The number of hydrogen-bond acceptors (Lipinski definition) is 3. The molecule has 21 heavy (non-hydrogen) atoms. The minimum atomic E-state index is -4.52. The number of thioether (sulfide) groups is 1. The van der Waals surface area contributed by atoms with E-state index >= 15 is 0 Å². The van der Waals surface area contributed by atoms with Gasteiger partial charge in [0.15, 0.2) is 0 Å². The Balaban J connectivity index is 1.91. The van der Waals surface area contributed by atoms with Crippen LogP contribution in [0.4, 0.5) is 13.2 Å². The van der Waals surface area contributed by atoms with Crippen molar-refractivity contribution >= 4 is 28.7 Å². The average molecular weight is 315 g/mol. The van der Waals surface area contributed by atoms with E-state index in [0.717, 1.165) is 11.5 Å². The molecule has 112 valence electrons. The number of halogens is 3. The summed E-state index contributed by atoms with van der Waals surface area (Å²) in [6, 6.07) is 4.39. The monoisotopic (exact) mass is 315 g/mol. The van der Waals surface area contributed by atoms with E-state index in [2.05, 4.69) is 9.97 Å². The fourth-order valence-corrected chi connectivity index (χ4v) is 3.13. The molecule has 2 aromatic rings. The van der Waals surface area contributed by atoms with Crippen LogP contribution in [0.2, 0.25) is 0 Å². The fourth-order valence-electron chi connectivity index (χ4n) is 2.23. The van der Waals surface area contributed by atoms with E-state index in [-0.39, 0.29) is 16.9 Å². The quantitative estimate of drug-likeness (QED) is 0.880. The van der Waals surface area contributed by atoms with E-state index in [9.17, 15) is 18.0 Å². The van der Waals surface area contributed by atoms with Gasteiger partial charge in [0.25, 0.3) is 5.91 Å². The van der Waals surface area contributed by atoms with Crippen molar-refractivity contribution in [1.82, 2.24) is 14.9 Å². The number of nitrogens with zero attached hydrogens (tertiary/aromatic N) is 2. The Labute approximate surface area is 122 Å². The van der Waals surface area contributed by atoms with Crippen LogP contribution in [0.15, 0.2) is 18.2 Å². The predicted octanol–water partition coefficient (Wildman–Crippen LogP) is 2.77. The van der Waals surface area contributed by atoms with Gasteiger partial charge in [-0.15, -0.1) is 0 Å². The maximum Gasteiger partial charge on any atom is 0.449 e. The standard InChI is InChI=1S/C13H12F3N3OS/c14-13(15,16)12-17-9-2-1-8(7-10(9)18-12)11(20)19-3-5-21-6-4-19/h1-2,7H,3-6H2,(H,17,18). The number of carbonyl (C=O) groups is 1. The predicted molar refractivity (Wildman–Crippen MR) is 74.3 cm³/mol. The van der Waals surface area contributed by atoms with Crippen LogP contribution in [-0.4, -0.2) is 45.4 Å². The Morgan fingerprint density at radius 2 is 2.00 bits per heavy atom. The second-order valence-corrected chi connectivity index (χ2v) is 5.94. The first-order valence-electron chi connectivity index (χ1n) is 6.39. The fraction of sp³-hybridized carbons (Fsp3) is 0.385. The zero-order valence-electron chi connectivity index (χ0n) is 10.9.